The Morgan fingerprint density at radius 3 is 2.47 bits per heavy atom. The number of benzene rings is 2. The molecule has 0 aliphatic carbocycles. The standard InChI is InChI=1S/C14H9ClF2O2/c15-10-3-1-9(2-4-10)8-19-14(18)12-7-11(16)5-6-13(12)17/h1-7H,8H2. The smallest absolute Gasteiger partial charge is 0.341 e. The largest absolute Gasteiger partial charge is 0.457 e. The van der Waals surface area contributed by atoms with Crippen LogP contribution in [0.4, 0.5) is 8.78 Å². The van der Waals surface area contributed by atoms with E-state index in [9.17, 15) is 13.6 Å². The second-order valence-electron chi connectivity index (χ2n) is 3.83. The number of carbonyl (C=O) groups excluding carboxylic acids is 1. The molecule has 2 nitrogen and oxygen atoms in total. The molecule has 2 rings (SSSR count). The first-order valence-electron chi connectivity index (χ1n) is 5.43. The Morgan fingerprint density at radius 2 is 1.79 bits per heavy atom. The number of esters is 1. The van der Waals surface area contributed by atoms with Gasteiger partial charge in [-0.1, -0.05) is 23.7 Å². The SMILES string of the molecule is O=C(OCc1ccc(Cl)cc1)c1cc(F)ccc1F. The second-order valence-corrected chi connectivity index (χ2v) is 4.26. The van der Waals surface area contributed by atoms with E-state index in [4.69, 9.17) is 16.3 Å². The normalized spacial score (nSPS) is 10.3. The summed E-state index contributed by atoms with van der Waals surface area (Å²) < 4.78 is 31.1. The molecule has 0 saturated heterocycles. The van der Waals surface area contributed by atoms with E-state index in [1.165, 1.54) is 0 Å². The fraction of sp³-hybridized carbons (Fsp3) is 0.0714. The van der Waals surface area contributed by atoms with Crippen molar-refractivity contribution in [3.05, 3.63) is 70.2 Å². The molecule has 19 heavy (non-hydrogen) atoms. The number of ether oxygens (including phenoxy) is 1. The summed E-state index contributed by atoms with van der Waals surface area (Å²) in [5.41, 5.74) is 0.281. The highest BCUT2D eigenvalue weighted by atomic mass is 35.5. The van der Waals surface area contributed by atoms with Gasteiger partial charge in [-0.3, -0.25) is 0 Å². The average Bonchev–Trinajstić information content (AvgIpc) is 2.40. The summed E-state index contributed by atoms with van der Waals surface area (Å²) in [5, 5.41) is 0.561. The number of halogens is 3. The Balaban J connectivity index is 2.05. The monoisotopic (exact) mass is 282 g/mol. The van der Waals surface area contributed by atoms with Crippen molar-refractivity contribution < 1.29 is 18.3 Å². The Bertz CT molecular complexity index is 597. The molecule has 98 valence electrons. The molecule has 0 spiro atoms. The fourth-order valence-corrected chi connectivity index (χ4v) is 1.59. The minimum absolute atomic E-state index is 0.0358. The summed E-state index contributed by atoms with van der Waals surface area (Å²) in [6.07, 6.45) is 0. The summed E-state index contributed by atoms with van der Waals surface area (Å²) in [5.74, 6) is -2.42. The molecule has 0 aromatic heterocycles. The van der Waals surface area contributed by atoms with Crippen LogP contribution in [-0.4, -0.2) is 5.97 Å². The molecule has 0 unspecified atom stereocenters. The van der Waals surface area contributed by atoms with Crippen molar-refractivity contribution in [1.82, 2.24) is 0 Å². The van der Waals surface area contributed by atoms with Gasteiger partial charge in [0.05, 0.1) is 5.56 Å². The van der Waals surface area contributed by atoms with E-state index in [1.54, 1.807) is 24.3 Å². The highest BCUT2D eigenvalue weighted by Gasteiger charge is 2.14. The minimum Gasteiger partial charge on any atom is -0.457 e. The lowest BCUT2D eigenvalue weighted by Gasteiger charge is -2.06. The zero-order chi connectivity index (χ0) is 13.8. The number of carbonyl (C=O) groups is 1. The summed E-state index contributed by atoms with van der Waals surface area (Å²) in [6.45, 7) is -0.0358. The first-order chi connectivity index (χ1) is 9.06. The van der Waals surface area contributed by atoms with Crippen LogP contribution >= 0.6 is 11.6 Å². The molecule has 0 amide bonds. The van der Waals surface area contributed by atoms with Crippen molar-refractivity contribution in [3.63, 3.8) is 0 Å². The molecule has 0 fully saturated rings. The van der Waals surface area contributed by atoms with Crippen molar-refractivity contribution in [2.24, 2.45) is 0 Å². The quantitative estimate of drug-likeness (QED) is 0.796. The van der Waals surface area contributed by atoms with E-state index >= 15 is 0 Å². The predicted octanol–water partition coefficient (Wildman–Crippen LogP) is 3.98. The maximum Gasteiger partial charge on any atom is 0.341 e. The lowest BCUT2D eigenvalue weighted by molar-refractivity contribution is 0.0466. The Morgan fingerprint density at radius 1 is 1.11 bits per heavy atom. The minimum atomic E-state index is -0.910. The Kier molecular flexibility index (Phi) is 4.12. The fourth-order valence-electron chi connectivity index (χ4n) is 1.46. The van der Waals surface area contributed by atoms with E-state index in [2.05, 4.69) is 0 Å². The first-order valence-corrected chi connectivity index (χ1v) is 5.80. The van der Waals surface area contributed by atoms with Gasteiger partial charge in [-0.05, 0) is 35.9 Å². The van der Waals surface area contributed by atoms with Crippen LogP contribution in [0.1, 0.15) is 15.9 Å². The van der Waals surface area contributed by atoms with Gasteiger partial charge in [0.1, 0.15) is 18.2 Å². The third kappa shape index (κ3) is 3.51. The summed E-state index contributed by atoms with van der Waals surface area (Å²) in [7, 11) is 0. The molecule has 0 saturated carbocycles. The third-order valence-electron chi connectivity index (χ3n) is 2.43. The van der Waals surface area contributed by atoms with E-state index in [0.29, 0.717) is 10.6 Å². The van der Waals surface area contributed by atoms with E-state index in [0.717, 1.165) is 18.2 Å². The first kappa shape index (κ1) is 13.5. The lowest BCUT2D eigenvalue weighted by Crippen LogP contribution is -2.08. The molecule has 2 aromatic rings. The van der Waals surface area contributed by atoms with Gasteiger partial charge in [-0.15, -0.1) is 0 Å². The Hall–Kier alpha value is -1.94. The highest BCUT2D eigenvalue weighted by Crippen LogP contribution is 2.14. The second kappa shape index (κ2) is 5.80. The number of rotatable bonds is 3. The molecule has 0 aliphatic heterocycles. The van der Waals surface area contributed by atoms with Crippen LogP contribution in [0.25, 0.3) is 0 Å². The zero-order valence-electron chi connectivity index (χ0n) is 9.70. The maximum atomic E-state index is 13.3. The van der Waals surface area contributed by atoms with Gasteiger partial charge in [-0.25, -0.2) is 13.6 Å². The number of hydrogen-bond donors (Lipinski definition) is 0. The van der Waals surface area contributed by atoms with E-state index < -0.39 is 23.2 Å². The average molecular weight is 283 g/mol. The van der Waals surface area contributed by atoms with Crippen LogP contribution < -0.4 is 0 Å². The molecule has 5 heteroatoms. The molecular weight excluding hydrogens is 274 g/mol. The highest BCUT2D eigenvalue weighted by molar-refractivity contribution is 6.30. The van der Waals surface area contributed by atoms with Crippen molar-refractivity contribution in [1.29, 1.82) is 0 Å². The predicted molar refractivity (Wildman–Crippen MR) is 66.9 cm³/mol. The van der Waals surface area contributed by atoms with Crippen LogP contribution in [0.5, 0.6) is 0 Å². The summed E-state index contributed by atoms with van der Waals surface area (Å²) >= 11 is 5.71. The van der Waals surface area contributed by atoms with Crippen LogP contribution in [0.2, 0.25) is 5.02 Å². The lowest BCUT2D eigenvalue weighted by atomic mass is 10.2. The molecule has 0 atom stereocenters. The van der Waals surface area contributed by atoms with Crippen LogP contribution in [-0.2, 0) is 11.3 Å². The van der Waals surface area contributed by atoms with Crippen LogP contribution in [0.3, 0.4) is 0 Å². The van der Waals surface area contributed by atoms with E-state index in [-0.39, 0.29) is 6.61 Å². The van der Waals surface area contributed by atoms with Crippen molar-refractivity contribution >= 4 is 17.6 Å². The molecule has 2 aromatic carbocycles. The topological polar surface area (TPSA) is 26.3 Å². The van der Waals surface area contributed by atoms with Gasteiger partial charge < -0.3 is 4.74 Å². The van der Waals surface area contributed by atoms with Gasteiger partial charge in [-0.2, -0.15) is 0 Å². The summed E-state index contributed by atoms with van der Waals surface area (Å²) in [4.78, 5) is 11.6. The molecule has 0 N–H and O–H groups in total. The third-order valence-corrected chi connectivity index (χ3v) is 2.68. The zero-order valence-corrected chi connectivity index (χ0v) is 10.5. The van der Waals surface area contributed by atoms with Gasteiger partial charge in [0, 0.05) is 5.02 Å². The molecule has 0 aliphatic rings. The van der Waals surface area contributed by atoms with Crippen molar-refractivity contribution in [2.75, 3.05) is 0 Å². The van der Waals surface area contributed by atoms with Crippen molar-refractivity contribution in [3.8, 4) is 0 Å². The van der Waals surface area contributed by atoms with Crippen LogP contribution in [0, 0.1) is 11.6 Å². The molecule has 0 heterocycles. The molecule has 0 radical (unpaired) electrons. The summed E-state index contributed by atoms with van der Waals surface area (Å²) in [6, 6.07) is 9.27. The number of hydrogen-bond acceptors (Lipinski definition) is 2. The van der Waals surface area contributed by atoms with Crippen molar-refractivity contribution in [2.45, 2.75) is 6.61 Å². The van der Waals surface area contributed by atoms with Gasteiger partial charge >= 0.3 is 5.97 Å². The van der Waals surface area contributed by atoms with Gasteiger partial charge in [0.25, 0.3) is 0 Å². The molecule has 0 bridgehead atoms. The van der Waals surface area contributed by atoms with Gasteiger partial charge in [0.15, 0.2) is 0 Å². The maximum absolute atomic E-state index is 13.3. The van der Waals surface area contributed by atoms with Crippen LogP contribution in [0.15, 0.2) is 42.5 Å². The van der Waals surface area contributed by atoms with Gasteiger partial charge in [0.2, 0.25) is 0 Å². The molecular formula is C14H9ClF2O2. The van der Waals surface area contributed by atoms with E-state index in [1.807, 2.05) is 0 Å². The Labute approximate surface area is 113 Å².